The first kappa shape index (κ1) is 12.7. The van der Waals surface area contributed by atoms with Crippen LogP contribution in [0.1, 0.15) is 26.2 Å². The molecule has 3 heteroatoms. The Morgan fingerprint density at radius 1 is 1.60 bits per heavy atom. The fraction of sp³-hybridized carbons (Fsp3) is 0.833. The van der Waals surface area contributed by atoms with Gasteiger partial charge < -0.3 is 14.8 Å². The molecular formula is C12H23NO2. The molecule has 1 atom stereocenters. The summed E-state index contributed by atoms with van der Waals surface area (Å²) in [5.74, 6) is 0. The van der Waals surface area contributed by atoms with Gasteiger partial charge in [-0.25, -0.2) is 0 Å². The zero-order valence-electron chi connectivity index (χ0n) is 9.92. The molecule has 15 heavy (non-hydrogen) atoms. The van der Waals surface area contributed by atoms with Crippen LogP contribution in [0, 0.1) is 0 Å². The molecule has 1 fully saturated rings. The van der Waals surface area contributed by atoms with Crippen molar-refractivity contribution in [2.45, 2.75) is 32.3 Å². The standard InChI is InChI=1S/C12H23NO2/c1-3-11(10-13-6-8-14-2)9-12-5-4-7-15-12/h9,12-13H,3-8,10H2,1-2H3. The molecule has 0 spiro atoms. The number of methoxy groups -OCH3 is 1. The minimum absolute atomic E-state index is 0.365. The molecule has 3 nitrogen and oxygen atoms in total. The minimum Gasteiger partial charge on any atom is -0.383 e. The summed E-state index contributed by atoms with van der Waals surface area (Å²) in [6.45, 7) is 5.77. The molecule has 0 radical (unpaired) electrons. The molecule has 1 aliphatic heterocycles. The second kappa shape index (κ2) is 7.85. The van der Waals surface area contributed by atoms with E-state index in [-0.39, 0.29) is 0 Å². The van der Waals surface area contributed by atoms with Crippen molar-refractivity contribution in [2.24, 2.45) is 0 Å². The number of ether oxygens (including phenoxy) is 2. The maximum Gasteiger partial charge on any atom is 0.0759 e. The van der Waals surface area contributed by atoms with Crippen LogP contribution in [0.2, 0.25) is 0 Å². The van der Waals surface area contributed by atoms with Crippen molar-refractivity contribution in [3.8, 4) is 0 Å². The highest BCUT2D eigenvalue weighted by Crippen LogP contribution is 2.15. The zero-order valence-corrected chi connectivity index (χ0v) is 9.92. The molecule has 88 valence electrons. The van der Waals surface area contributed by atoms with E-state index < -0.39 is 0 Å². The maximum atomic E-state index is 5.58. The smallest absolute Gasteiger partial charge is 0.0759 e. The van der Waals surface area contributed by atoms with E-state index in [9.17, 15) is 0 Å². The fourth-order valence-corrected chi connectivity index (χ4v) is 1.72. The topological polar surface area (TPSA) is 30.5 Å². The Morgan fingerprint density at radius 2 is 2.47 bits per heavy atom. The third-order valence-corrected chi connectivity index (χ3v) is 2.68. The Balaban J connectivity index is 2.21. The molecule has 1 heterocycles. The van der Waals surface area contributed by atoms with Crippen LogP contribution in [0.25, 0.3) is 0 Å². The molecule has 1 rings (SSSR count). The molecule has 0 aliphatic carbocycles. The molecular weight excluding hydrogens is 190 g/mol. The summed E-state index contributed by atoms with van der Waals surface area (Å²) in [6, 6.07) is 0. The van der Waals surface area contributed by atoms with Gasteiger partial charge in [-0.1, -0.05) is 18.6 Å². The van der Waals surface area contributed by atoms with Crippen LogP contribution in [0.5, 0.6) is 0 Å². The highest BCUT2D eigenvalue weighted by atomic mass is 16.5. The van der Waals surface area contributed by atoms with Crippen LogP contribution in [-0.4, -0.2) is 39.5 Å². The van der Waals surface area contributed by atoms with Crippen LogP contribution < -0.4 is 5.32 Å². The van der Waals surface area contributed by atoms with Gasteiger partial charge in [0, 0.05) is 26.8 Å². The summed E-state index contributed by atoms with van der Waals surface area (Å²) < 4.78 is 10.6. The first-order valence-electron chi connectivity index (χ1n) is 5.87. The lowest BCUT2D eigenvalue weighted by Gasteiger charge is -2.10. The minimum atomic E-state index is 0.365. The lowest BCUT2D eigenvalue weighted by molar-refractivity contribution is 0.145. The van der Waals surface area contributed by atoms with E-state index in [0.717, 1.165) is 32.7 Å². The van der Waals surface area contributed by atoms with Gasteiger partial charge in [-0.05, 0) is 19.3 Å². The van der Waals surface area contributed by atoms with E-state index >= 15 is 0 Å². The number of rotatable bonds is 7. The van der Waals surface area contributed by atoms with Gasteiger partial charge in [-0.2, -0.15) is 0 Å². The summed E-state index contributed by atoms with van der Waals surface area (Å²) in [5.41, 5.74) is 1.44. The Morgan fingerprint density at radius 3 is 3.07 bits per heavy atom. The van der Waals surface area contributed by atoms with E-state index in [0.29, 0.717) is 6.10 Å². The second-order valence-electron chi connectivity index (χ2n) is 3.90. The average Bonchev–Trinajstić information content (AvgIpc) is 2.75. The summed E-state index contributed by atoms with van der Waals surface area (Å²) in [4.78, 5) is 0. The Kier molecular flexibility index (Phi) is 6.64. The van der Waals surface area contributed by atoms with Crippen molar-refractivity contribution in [2.75, 3.05) is 33.4 Å². The average molecular weight is 213 g/mol. The third-order valence-electron chi connectivity index (χ3n) is 2.68. The lowest BCUT2D eigenvalue weighted by atomic mass is 10.1. The van der Waals surface area contributed by atoms with Gasteiger partial charge in [0.05, 0.1) is 12.7 Å². The Hall–Kier alpha value is -0.380. The molecule has 0 amide bonds. The fourth-order valence-electron chi connectivity index (χ4n) is 1.72. The molecule has 0 aromatic carbocycles. The quantitative estimate of drug-likeness (QED) is 0.516. The molecule has 1 unspecified atom stereocenters. The van der Waals surface area contributed by atoms with Gasteiger partial charge in [0.2, 0.25) is 0 Å². The van der Waals surface area contributed by atoms with Crippen molar-refractivity contribution in [1.82, 2.24) is 5.32 Å². The highest BCUT2D eigenvalue weighted by Gasteiger charge is 2.12. The molecule has 0 aromatic rings. The summed E-state index contributed by atoms with van der Waals surface area (Å²) in [6.07, 6.45) is 6.13. The molecule has 1 aliphatic rings. The second-order valence-corrected chi connectivity index (χ2v) is 3.90. The van der Waals surface area contributed by atoms with Crippen LogP contribution >= 0.6 is 0 Å². The van der Waals surface area contributed by atoms with E-state index in [4.69, 9.17) is 9.47 Å². The van der Waals surface area contributed by atoms with Crippen molar-refractivity contribution in [3.05, 3.63) is 11.6 Å². The monoisotopic (exact) mass is 213 g/mol. The van der Waals surface area contributed by atoms with Gasteiger partial charge in [0.1, 0.15) is 0 Å². The molecule has 0 aromatic heterocycles. The highest BCUT2D eigenvalue weighted by molar-refractivity contribution is 5.07. The Bertz CT molecular complexity index is 186. The summed E-state index contributed by atoms with van der Waals surface area (Å²) in [5, 5.41) is 3.36. The van der Waals surface area contributed by atoms with Gasteiger partial charge in [-0.15, -0.1) is 0 Å². The van der Waals surface area contributed by atoms with E-state index in [1.165, 1.54) is 18.4 Å². The van der Waals surface area contributed by atoms with Crippen molar-refractivity contribution in [1.29, 1.82) is 0 Å². The SMILES string of the molecule is CCC(=CC1CCCO1)CNCCOC. The van der Waals surface area contributed by atoms with E-state index in [1.807, 2.05) is 0 Å². The first-order chi connectivity index (χ1) is 7.36. The van der Waals surface area contributed by atoms with E-state index in [2.05, 4.69) is 18.3 Å². The van der Waals surface area contributed by atoms with Crippen LogP contribution in [0.15, 0.2) is 11.6 Å². The first-order valence-corrected chi connectivity index (χ1v) is 5.87. The van der Waals surface area contributed by atoms with Crippen LogP contribution in [0.3, 0.4) is 0 Å². The number of hydrogen-bond acceptors (Lipinski definition) is 3. The molecule has 0 saturated carbocycles. The maximum absolute atomic E-state index is 5.58. The van der Waals surface area contributed by atoms with Crippen molar-refractivity contribution < 1.29 is 9.47 Å². The number of nitrogens with one attached hydrogen (secondary N) is 1. The Labute approximate surface area is 92.8 Å². The van der Waals surface area contributed by atoms with Gasteiger partial charge in [0.15, 0.2) is 0 Å². The molecule has 0 bridgehead atoms. The van der Waals surface area contributed by atoms with Crippen molar-refractivity contribution >= 4 is 0 Å². The summed E-state index contributed by atoms with van der Waals surface area (Å²) in [7, 11) is 1.73. The molecule has 1 N–H and O–H groups in total. The van der Waals surface area contributed by atoms with Gasteiger partial charge in [-0.3, -0.25) is 0 Å². The van der Waals surface area contributed by atoms with Crippen LogP contribution in [-0.2, 0) is 9.47 Å². The third kappa shape index (κ3) is 5.30. The number of hydrogen-bond donors (Lipinski definition) is 1. The predicted octanol–water partition coefficient (Wildman–Crippen LogP) is 1.74. The summed E-state index contributed by atoms with van der Waals surface area (Å²) >= 11 is 0. The van der Waals surface area contributed by atoms with Gasteiger partial charge in [0.25, 0.3) is 0 Å². The van der Waals surface area contributed by atoms with E-state index in [1.54, 1.807) is 7.11 Å². The van der Waals surface area contributed by atoms with Crippen molar-refractivity contribution in [3.63, 3.8) is 0 Å². The zero-order chi connectivity index (χ0) is 10.9. The lowest BCUT2D eigenvalue weighted by Crippen LogP contribution is -2.22. The van der Waals surface area contributed by atoms with Gasteiger partial charge >= 0.3 is 0 Å². The largest absolute Gasteiger partial charge is 0.383 e. The predicted molar refractivity (Wildman–Crippen MR) is 62.1 cm³/mol. The molecule has 1 saturated heterocycles. The van der Waals surface area contributed by atoms with Crippen LogP contribution in [0.4, 0.5) is 0 Å². The normalized spacial score (nSPS) is 22.3.